The third-order valence-corrected chi connectivity index (χ3v) is 4.88. The number of amides is 1. The van der Waals surface area contributed by atoms with Crippen molar-refractivity contribution in [1.29, 1.82) is 0 Å². The summed E-state index contributed by atoms with van der Waals surface area (Å²) in [4.78, 5) is 22.9. The molecule has 0 aromatic heterocycles. The monoisotopic (exact) mass is 295 g/mol. The number of benzene rings is 1. The molecule has 1 aliphatic heterocycles. The Morgan fingerprint density at radius 1 is 1.35 bits per heavy atom. The molecule has 0 aliphatic carbocycles. The average molecular weight is 295 g/mol. The van der Waals surface area contributed by atoms with Crippen LogP contribution in [0.5, 0.6) is 0 Å². The summed E-state index contributed by atoms with van der Waals surface area (Å²) in [5.41, 5.74) is 0.193. The van der Waals surface area contributed by atoms with Crippen molar-refractivity contribution >= 4 is 21.9 Å². The highest BCUT2D eigenvalue weighted by molar-refractivity contribution is 7.90. The molecule has 0 fully saturated rings. The zero-order valence-corrected chi connectivity index (χ0v) is 11.6. The van der Waals surface area contributed by atoms with Crippen LogP contribution in [-0.2, 0) is 14.8 Å². The van der Waals surface area contributed by atoms with Crippen LogP contribution in [-0.4, -0.2) is 36.3 Å². The molecule has 6 nitrogen and oxygen atoms in total. The fourth-order valence-electron chi connectivity index (χ4n) is 1.99. The maximum atomic E-state index is 12.2. The van der Waals surface area contributed by atoms with Crippen molar-refractivity contribution in [3.8, 4) is 0 Å². The molecule has 0 saturated carbocycles. The van der Waals surface area contributed by atoms with Crippen LogP contribution in [0.3, 0.4) is 0 Å². The van der Waals surface area contributed by atoms with Gasteiger partial charge in [-0.2, -0.15) is 0 Å². The standard InChI is InChI=1S/C13H13NO5S/c1-2-9(13(16)17)7-8-14-12(15)10-5-3-4-6-11(10)20(14,18)19/h3-7H,2,8H2,1H3,(H,16,17). The van der Waals surface area contributed by atoms with Crippen LogP contribution in [0.15, 0.2) is 40.8 Å². The number of carbonyl (C=O) groups is 2. The molecule has 20 heavy (non-hydrogen) atoms. The number of hydrogen-bond donors (Lipinski definition) is 1. The Bertz CT molecular complexity index is 705. The quantitative estimate of drug-likeness (QED) is 0.844. The molecule has 1 amide bonds. The van der Waals surface area contributed by atoms with E-state index >= 15 is 0 Å². The molecule has 2 rings (SSSR count). The highest BCUT2D eigenvalue weighted by Crippen LogP contribution is 2.29. The van der Waals surface area contributed by atoms with Crippen LogP contribution in [0.4, 0.5) is 0 Å². The summed E-state index contributed by atoms with van der Waals surface area (Å²) in [5.74, 6) is -1.74. The van der Waals surface area contributed by atoms with Gasteiger partial charge < -0.3 is 5.11 Å². The number of carbonyl (C=O) groups excluding carboxylic acids is 1. The zero-order chi connectivity index (χ0) is 14.9. The Kier molecular flexibility index (Phi) is 3.63. The summed E-state index contributed by atoms with van der Waals surface area (Å²) < 4.78 is 25.1. The summed E-state index contributed by atoms with van der Waals surface area (Å²) in [5, 5.41) is 8.90. The van der Waals surface area contributed by atoms with E-state index in [2.05, 4.69) is 0 Å². The van der Waals surface area contributed by atoms with E-state index in [1.807, 2.05) is 0 Å². The molecule has 0 atom stereocenters. The number of aliphatic carboxylic acids is 1. The normalized spacial score (nSPS) is 17.1. The van der Waals surface area contributed by atoms with Gasteiger partial charge in [-0.1, -0.05) is 25.1 Å². The van der Waals surface area contributed by atoms with Gasteiger partial charge in [-0.05, 0) is 18.6 Å². The Morgan fingerprint density at radius 3 is 2.55 bits per heavy atom. The lowest BCUT2D eigenvalue weighted by Crippen LogP contribution is -2.30. The van der Waals surface area contributed by atoms with Gasteiger partial charge in [0, 0.05) is 5.57 Å². The van der Waals surface area contributed by atoms with E-state index in [4.69, 9.17) is 5.11 Å². The van der Waals surface area contributed by atoms with Crippen LogP contribution < -0.4 is 0 Å². The number of fused-ring (bicyclic) bond motifs is 1. The first-order chi connectivity index (χ1) is 9.39. The van der Waals surface area contributed by atoms with Crippen LogP contribution in [0.2, 0.25) is 0 Å². The fourth-order valence-corrected chi connectivity index (χ4v) is 3.50. The molecule has 1 aromatic carbocycles. The van der Waals surface area contributed by atoms with E-state index in [9.17, 15) is 18.0 Å². The van der Waals surface area contributed by atoms with Crippen LogP contribution in [0, 0.1) is 0 Å². The molecule has 1 aromatic rings. The highest BCUT2D eigenvalue weighted by atomic mass is 32.2. The largest absolute Gasteiger partial charge is 0.478 e. The van der Waals surface area contributed by atoms with E-state index in [0.29, 0.717) is 4.31 Å². The minimum absolute atomic E-state index is 0.0354. The van der Waals surface area contributed by atoms with Crippen molar-refractivity contribution in [2.75, 3.05) is 6.54 Å². The van der Waals surface area contributed by atoms with Crippen molar-refractivity contribution < 1.29 is 23.1 Å². The van der Waals surface area contributed by atoms with E-state index in [1.54, 1.807) is 13.0 Å². The van der Waals surface area contributed by atoms with Gasteiger partial charge in [-0.25, -0.2) is 17.5 Å². The third-order valence-electron chi connectivity index (χ3n) is 3.07. The van der Waals surface area contributed by atoms with Crippen molar-refractivity contribution in [2.24, 2.45) is 0 Å². The maximum absolute atomic E-state index is 12.2. The number of carboxylic acids is 1. The van der Waals surface area contributed by atoms with Gasteiger partial charge in [0.25, 0.3) is 15.9 Å². The second kappa shape index (κ2) is 5.09. The second-order valence-corrected chi connectivity index (χ2v) is 6.06. The molecule has 0 saturated heterocycles. The summed E-state index contributed by atoms with van der Waals surface area (Å²) in [6.45, 7) is 1.38. The lowest BCUT2D eigenvalue weighted by molar-refractivity contribution is -0.132. The van der Waals surface area contributed by atoms with Crippen molar-refractivity contribution in [1.82, 2.24) is 4.31 Å². The SMILES string of the molecule is CCC(=CCN1C(=O)c2ccccc2S1(=O)=O)C(=O)O. The third kappa shape index (κ3) is 2.20. The zero-order valence-electron chi connectivity index (χ0n) is 10.7. The van der Waals surface area contributed by atoms with Gasteiger partial charge in [0.05, 0.1) is 12.1 Å². The Morgan fingerprint density at radius 2 is 2.00 bits per heavy atom. The number of carboxylic acid groups (broad SMARTS) is 1. The van der Waals surface area contributed by atoms with Crippen molar-refractivity contribution in [3.05, 3.63) is 41.5 Å². The smallest absolute Gasteiger partial charge is 0.331 e. The van der Waals surface area contributed by atoms with Gasteiger partial charge >= 0.3 is 5.97 Å². The summed E-state index contributed by atoms with van der Waals surface area (Å²) in [7, 11) is -3.88. The molecule has 0 radical (unpaired) electrons. The minimum Gasteiger partial charge on any atom is -0.478 e. The van der Waals surface area contributed by atoms with Gasteiger partial charge in [0.2, 0.25) is 0 Å². The molecule has 1 N–H and O–H groups in total. The maximum Gasteiger partial charge on any atom is 0.331 e. The number of hydrogen-bond acceptors (Lipinski definition) is 4. The molecule has 0 spiro atoms. The molecule has 0 bridgehead atoms. The number of sulfonamides is 1. The van der Waals surface area contributed by atoms with Crippen molar-refractivity contribution in [2.45, 2.75) is 18.2 Å². The topological polar surface area (TPSA) is 91.8 Å². The lowest BCUT2D eigenvalue weighted by atomic mass is 10.2. The Labute approximate surface area is 116 Å². The first-order valence-corrected chi connectivity index (χ1v) is 7.42. The molecular formula is C13H13NO5S. The van der Waals surface area contributed by atoms with Crippen LogP contribution in [0.25, 0.3) is 0 Å². The van der Waals surface area contributed by atoms with Crippen LogP contribution >= 0.6 is 0 Å². The molecule has 1 aliphatic rings. The highest BCUT2D eigenvalue weighted by Gasteiger charge is 2.40. The Balaban J connectivity index is 2.37. The lowest BCUT2D eigenvalue weighted by Gasteiger charge is -2.12. The van der Waals surface area contributed by atoms with E-state index in [-0.39, 0.29) is 29.0 Å². The van der Waals surface area contributed by atoms with Gasteiger partial charge in [-0.15, -0.1) is 0 Å². The first-order valence-electron chi connectivity index (χ1n) is 5.98. The van der Waals surface area contributed by atoms with E-state index < -0.39 is 21.9 Å². The van der Waals surface area contributed by atoms with Gasteiger partial charge in [0.15, 0.2) is 0 Å². The first kappa shape index (κ1) is 14.3. The fraction of sp³-hybridized carbons (Fsp3) is 0.231. The second-order valence-electron chi connectivity index (χ2n) is 4.23. The number of nitrogens with zero attached hydrogens (tertiary/aromatic N) is 1. The molecule has 106 valence electrons. The summed E-state index contributed by atoms with van der Waals surface area (Å²) in [6, 6.07) is 5.93. The number of rotatable bonds is 4. The minimum atomic E-state index is -3.88. The Hall–Kier alpha value is -2.15. The molecular weight excluding hydrogens is 282 g/mol. The molecule has 7 heteroatoms. The summed E-state index contributed by atoms with van der Waals surface area (Å²) >= 11 is 0. The van der Waals surface area contributed by atoms with Crippen molar-refractivity contribution in [3.63, 3.8) is 0 Å². The molecule has 1 heterocycles. The van der Waals surface area contributed by atoms with Crippen LogP contribution in [0.1, 0.15) is 23.7 Å². The van der Waals surface area contributed by atoms with Gasteiger partial charge in [0.1, 0.15) is 4.90 Å². The van der Waals surface area contributed by atoms with E-state index in [1.165, 1.54) is 24.3 Å². The predicted molar refractivity (Wildman–Crippen MR) is 70.7 cm³/mol. The average Bonchev–Trinajstić information content (AvgIpc) is 2.60. The van der Waals surface area contributed by atoms with E-state index in [0.717, 1.165) is 0 Å². The van der Waals surface area contributed by atoms with Gasteiger partial charge in [-0.3, -0.25) is 4.79 Å². The predicted octanol–water partition coefficient (Wildman–Crippen LogP) is 1.25. The molecule has 0 unspecified atom stereocenters. The summed E-state index contributed by atoms with van der Waals surface area (Å²) in [6.07, 6.45) is 1.51.